The van der Waals surface area contributed by atoms with Crippen molar-refractivity contribution in [1.29, 1.82) is 0 Å². The first-order chi connectivity index (χ1) is 7.35. The molecule has 0 aromatic carbocycles. The summed E-state index contributed by atoms with van der Waals surface area (Å²) < 4.78 is 4.83. The number of hydrazine groups is 1. The molecule has 0 unspecified atom stereocenters. The summed E-state index contributed by atoms with van der Waals surface area (Å²) in [4.78, 5) is 8.25. The molecule has 78 valence electrons. The number of aryl methyl sites for hydroxylation is 1. The Hall–Kier alpha value is -1.95. The van der Waals surface area contributed by atoms with Crippen LogP contribution in [0.4, 0.5) is 6.01 Å². The predicted octanol–water partition coefficient (Wildman–Crippen LogP) is 0.980. The lowest BCUT2D eigenvalue weighted by molar-refractivity contribution is 0.432. The van der Waals surface area contributed by atoms with Gasteiger partial charge in [-0.05, 0) is 18.1 Å². The topological polar surface area (TPSA) is 89.9 Å². The van der Waals surface area contributed by atoms with Crippen molar-refractivity contribution in [2.45, 2.75) is 13.3 Å². The molecule has 0 amide bonds. The van der Waals surface area contributed by atoms with Crippen molar-refractivity contribution in [3.8, 4) is 11.5 Å². The summed E-state index contributed by atoms with van der Waals surface area (Å²) in [5.41, 5.74) is 4.08. The lowest BCUT2D eigenvalue weighted by Gasteiger charge is -2.00. The fourth-order valence-electron chi connectivity index (χ4n) is 1.30. The zero-order chi connectivity index (χ0) is 10.7. The molecule has 15 heavy (non-hydrogen) atoms. The Morgan fingerprint density at radius 3 is 3.07 bits per heavy atom. The SMILES string of the molecule is CCc1cccnc1-c1noc(NN)n1. The highest BCUT2D eigenvalue weighted by Gasteiger charge is 2.11. The van der Waals surface area contributed by atoms with Gasteiger partial charge in [-0.15, -0.1) is 0 Å². The molecule has 0 spiro atoms. The molecule has 0 atom stereocenters. The Bertz CT molecular complexity index is 453. The number of pyridine rings is 1. The van der Waals surface area contributed by atoms with Crippen LogP contribution in [0.2, 0.25) is 0 Å². The van der Waals surface area contributed by atoms with Crippen LogP contribution in [0.3, 0.4) is 0 Å². The van der Waals surface area contributed by atoms with Crippen molar-refractivity contribution in [2.75, 3.05) is 5.43 Å². The van der Waals surface area contributed by atoms with E-state index < -0.39 is 0 Å². The summed E-state index contributed by atoms with van der Waals surface area (Å²) in [6.45, 7) is 2.04. The van der Waals surface area contributed by atoms with E-state index in [1.807, 2.05) is 19.1 Å². The highest BCUT2D eigenvalue weighted by molar-refractivity contribution is 5.54. The maximum atomic E-state index is 5.15. The van der Waals surface area contributed by atoms with Crippen LogP contribution in [0, 0.1) is 0 Å². The molecule has 2 aromatic heterocycles. The molecule has 3 N–H and O–H groups in total. The van der Waals surface area contributed by atoms with Gasteiger partial charge in [-0.3, -0.25) is 10.4 Å². The molecule has 0 bridgehead atoms. The van der Waals surface area contributed by atoms with Gasteiger partial charge in [0.1, 0.15) is 5.69 Å². The Balaban J connectivity index is 2.44. The second-order valence-electron chi connectivity index (χ2n) is 2.93. The molecule has 0 fully saturated rings. The number of nitrogens with two attached hydrogens (primary N) is 1. The van der Waals surface area contributed by atoms with Gasteiger partial charge < -0.3 is 4.52 Å². The average molecular weight is 205 g/mol. The maximum absolute atomic E-state index is 5.15. The third-order valence-corrected chi connectivity index (χ3v) is 2.03. The number of hydrogen-bond acceptors (Lipinski definition) is 6. The lowest BCUT2D eigenvalue weighted by atomic mass is 10.1. The van der Waals surface area contributed by atoms with Crippen LogP contribution in [0.1, 0.15) is 12.5 Å². The standard InChI is InChI=1S/C9H11N5O/c1-2-6-4-3-5-11-7(6)8-12-9(13-10)15-14-8/h3-5H,2,10H2,1H3,(H,12,13,14). The van der Waals surface area contributed by atoms with E-state index in [0.717, 1.165) is 17.7 Å². The number of rotatable bonds is 3. The van der Waals surface area contributed by atoms with E-state index in [4.69, 9.17) is 10.4 Å². The van der Waals surface area contributed by atoms with E-state index in [9.17, 15) is 0 Å². The number of nitrogens with one attached hydrogen (secondary N) is 1. The van der Waals surface area contributed by atoms with E-state index in [1.165, 1.54) is 0 Å². The van der Waals surface area contributed by atoms with Gasteiger partial charge in [0.25, 0.3) is 0 Å². The highest BCUT2D eigenvalue weighted by atomic mass is 16.5. The summed E-state index contributed by atoms with van der Waals surface area (Å²) in [6, 6.07) is 4.04. The molecule has 2 rings (SSSR count). The normalized spacial score (nSPS) is 10.3. The molecule has 0 saturated carbocycles. The van der Waals surface area contributed by atoms with Crippen molar-refractivity contribution in [1.82, 2.24) is 15.1 Å². The van der Waals surface area contributed by atoms with E-state index in [1.54, 1.807) is 6.20 Å². The summed E-state index contributed by atoms with van der Waals surface area (Å²) >= 11 is 0. The van der Waals surface area contributed by atoms with Crippen LogP contribution in [-0.2, 0) is 6.42 Å². The zero-order valence-corrected chi connectivity index (χ0v) is 8.27. The zero-order valence-electron chi connectivity index (χ0n) is 8.27. The van der Waals surface area contributed by atoms with Gasteiger partial charge in [0, 0.05) is 6.20 Å². The minimum Gasteiger partial charge on any atom is -0.314 e. The van der Waals surface area contributed by atoms with Crippen molar-refractivity contribution in [3.63, 3.8) is 0 Å². The minimum atomic E-state index is 0.178. The Morgan fingerprint density at radius 1 is 1.53 bits per heavy atom. The largest absolute Gasteiger partial charge is 0.335 e. The molecular formula is C9H11N5O. The molecule has 6 heteroatoms. The highest BCUT2D eigenvalue weighted by Crippen LogP contribution is 2.19. The number of anilines is 1. The molecule has 0 aliphatic carbocycles. The maximum Gasteiger partial charge on any atom is 0.335 e. The number of nitrogens with zero attached hydrogens (tertiary/aromatic N) is 3. The van der Waals surface area contributed by atoms with Gasteiger partial charge in [0.15, 0.2) is 0 Å². The molecule has 2 heterocycles. The van der Waals surface area contributed by atoms with Crippen LogP contribution >= 0.6 is 0 Å². The van der Waals surface area contributed by atoms with Gasteiger partial charge in [-0.2, -0.15) is 4.98 Å². The summed E-state index contributed by atoms with van der Waals surface area (Å²) in [7, 11) is 0. The molecule has 0 saturated heterocycles. The van der Waals surface area contributed by atoms with Crippen molar-refractivity contribution in [3.05, 3.63) is 23.9 Å². The van der Waals surface area contributed by atoms with Crippen LogP contribution in [0.25, 0.3) is 11.5 Å². The van der Waals surface area contributed by atoms with Crippen molar-refractivity contribution in [2.24, 2.45) is 5.84 Å². The minimum absolute atomic E-state index is 0.178. The number of nitrogen functional groups attached to an aromatic ring is 1. The number of aromatic nitrogens is 3. The quantitative estimate of drug-likeness (QED) is 0.573. The van der Waals surface area contributed by atoms with E-state index in [2.05, 4.69) is 20.6 Å². The van der Waals surface area contributed by atoms with Gasteiger partial charge in [0.05, 0.1) is 0 Å². The first kappa shape index (κ1) is 9.60. The van der Waals surface area contributed by atoms with Crippen molar-refractivity contribution < 1.29 is 4.52 Å². The monoisotopic (exact) mass is 205 g/mol. The first-order valence-electron chi connectivity index (χ1n) is 4.59. The van der Waals surface area contributed by atoms with Gasteiger partial charge in [-0.1, -0.05) is 18.1 Å². The fourth-order valence-corrected chi connectivity index (χ4v) is 1.30. The first-order valence-corrected chi connectivity index (χ1v) is 4.59. The van der Waals surface area contributed by atoms with Crippen LogP contribution < -0.4 is 11.3 Å². The summed E-state index contributed by atoms with van der Waals surface area (Å²) in [5, 5.41) is 3.77. The molecule has 0 radical (unpaired) electrons. The molecule has 0 aliphatic rings. The second-order valence-corrected chi connectivity index (χ2v) is 2.93. The van der Waals surface area contributed by atoms with Gasteiger partial charge >= 0.3 is 6.01 Å². The third kappa shape index (κ3) is 1.79. The Labute approximate surface area is 86.5 Å². The lowest BCUT2D eigenvalue weighted by Crippen LogP contribution is -2.06. The molecular weight excluding hydrogens is 194 g/mol. The van der Waals surface area contributed by atoms with Crippen LogP contribution in [0.15, 0.2) is 22.9 Å². The third-order valence-electron chi connectivity index (χ3n) is 2.03. The van der Waals surface area contributed by atoms with Crippen molar-refractivity contribution >= 4 is 6.01 Å². The van der Waals surface area contributed by atoms with E-state index in [0.29, 0.717) is 5.82 Å². The summed E-state index contributed by atoms with van der Waals surface area (Å²) in [5.74, 6) is 5.59. The second kappa shape index (κ2) is 4.05. The molecule has 6 nitrogen and oxygen atoms in total. The summed E-state index contributed by atoms with van der Waals surface area (Å²) in [6.07, 6.45) is 2.56. The predicted molar refractivity (Wildman–Crippen MR) is 54.7 cm³/mol. The van der Waals surface area contributed by atoms with Gasteiger partial charge in [0.2, 0.25) is 5.82 Å². The average Bonchev–Trinajstić information content (AvgIpc) is 2.77. The van der Waals surface area contributed by atoms with Gasteiger partial charge in [-0.25, -0.2) is 5.84 Å². The van der Waals surface area contributed by atoms with E-state index in [-0.39, 0.29) is 6.01 Å². The number of hydrogen-bond donors (Lipinski definition) is 2. The van der Waals surface area contributed by atoms with Crippen LogP contribution in [-0.4, -0.2) is 15.1 Å². The smallest absolute Gasteiger partial charge is 0.314 e. The fraction of sp³-hybridized carbons (Fsp3) is 0.222. The van der Waals surface area contributed by atoms with Crippen LogP contribution in [0.5, 0.6) is 0 Å². The Kier molecular flexibility index (Phi) is 2.59. The molecule has 2 aromatic rings. The molecule has 0 aliphatic heterocycles. The Morgan fingerprint density at radius 2 is 2.40 bits per heavy atom. The van der Waals surface area contributed by atoms with E-state index >= 15 is 0 Å².